The first-order chi connectivity index (χ1) is 9.83. The number of hydrogen-bond donors (Lipinski definition) is 2. The molecule has 0 aromatic carbocycles. The minimum Gasteiger partial charge on any atom is -0.481 e. The van der Waals surface area contributed by atoms with Gasteiger partial charge in [0.2, 0.25) is 0 Å². The summed E-state index contributed by atoms with van der Waals surface area (Å²) in [5.74, 6) is -1.09. The van der Waals surface area contributed by atoms with E-state index in [4.69, 9.17) is 5.11 Å². The number of aliphatic carboxylic acids is 1. The van der Waals surface area contributed by atoms with Crippen molar-refractivity contribution in [1.29, 1.82) is 0 Å². The molecule has 0 bridgehead atoms. The lowest BCUT2D eigenvalue weighted by Gasteiger charge is -2.28. The molecule has 0 radical (unpaired) electrons. The van der Waals surface area contributed by atoms with Gasteiger partial charge in [-0.3, -0.25) is 14.3 Å². The molecule has 1 aromatic heterocycles. The number of nitrogens with one attached hydrogen (secondary N) is 1. The van der Waals surface area contributed by atoms with Gasteiger partial charge in [-0.1, -0.05) is 12.8 Å². The van der Waals surface area contributed by atoms with Crippen LogP contribution < -0.4 is 5.32 Å². The standard InChI is InChI=1S/C15H23N3O3/c1-10(2)18-9-12(11(3)17-18)14(21)16-15(8-13(19)20)6-4-5-7-15/h9-10H,4-8H2,1-3H3,(H,16,21)(H,19,20). The molecular formula is C15H23N3O3. The first kappa shape index (κ1) is 15.5. The molecule has 116 valence electrons. The van der Waals surface area contributed by atoms with E-state index in [1.54, 1.807) is 17.8 Å². The van der Waals surface area contributed by atoms with Crippen LogP contribution in [0, 0.1) is 6.92 Å². The van der Waals surface area contributed by atoms with Gasteiger partial charge < -0.3 is 10.4 Å². The zero-order valence-corrected chi connectivity index (χ0v) is 12.8. The van der Waals surface area contributed by atoms with E-state index in [-0.39, 0.29) is 18.4 Å². The third-order valence-corrected chi connectivity index (χ3v) is 4.12. The highest BCUT2D eigenvalue weighted by Gasteiger charge is 2.38. The zero-order chi connectivity index (χ0) is 15.6. The molecule has 0 spiro atoms. The van der Waals surface area contributed by atoms with Gasteiger partial charge in [-0.05, 0) is 33.6 Å². The average Bonchev–Trinajstić information content (AvgIpc) is 2.95. The number of rotatable bonds is 5. The maximum atomic E-state index is 12.5. The number of carboxylic acids is 1. The van der Waals surface area contributed by atoms with Gasteiger partial charge in [0, 0.05) is 12.2 Å². The number of amides is 1. The quantitative estimate of drug-likeness (QED) is 0.872. The Morgan fingerprint density at radius 2 is 2.05 bits per heavy atom. The van der Waals surface area contributed by atoms with E-state index in [2.05, 4.69) is 10.4 Å². The molecule has 1 saturated carbocycles. The highest BCUT2D eigenvalue weighted by molar-refractivity contribution is 5.95. The van der Waals surface area contributed by atoms with E-state index >= 15 is 0 Å². The fourth-order valence-electron chi connectivity index (χ4n) is 2.96. The van der Waals surface area contributed by atoms with Gasteiger partial charge in [0.1, 0.15) is 0 Å². The van der Waals surface area contributed by atoms with E-state index in [0.29, 0.717) is 11.3 Å². The zero-order valence-electron chi connectivity index (χ0n) is 12.8. The van der Waals surface area contributed by atoms with Crippen molar-refractivity contribution in [2.75, 3.05) is 0 Å². The number of aryl methyl sites for hydroxylation is 1. The lowest BCUT2D eigenvalue weighted by atomic mass is 9.92. The summed E-state index contributed by atoms with van der Waals surface area (Å²) in [6, 6.07) is 0.185. The molecular weight excluding hydrogens is 270 g/mol. The normalized spacial score (nSPS) is 17.1. The molecule has 1 heterocycles. The molecule has 2 N–H and O–H groups in total. The van der Waals surface area contributed by atoms with Gasteiger partial charge in [-0.25, -0.2) is 0 Å². The summed E-state index contributed by atoms with van der Waals surface area (Å²) in [6.07, 6.45) is 5.08. The SMILES string of the molecule is Cc1nn(C(C)C)cc1C(=O)NC1(CC(=O)O)CCCC1. The van der Waals surface area contributed by atoms with Gasteiger partial charge >= 0.3 is 5.97 Å². The van der Waals surface area contributed by atoms with Crippen molar-refractivity contribution in [3.63, 3.8) is 0 Å². The summed E-state index contributed by atoms with van der Waals surface area (Å²) in [5, 5.41) is 16.4. The number of carbonyl (C=O) groups excluding carboxylic acids is 1. The average molecular weight is 293 g/mol. The number of hydrogen-bond acceptors (Lipinski definition) is 3. The van der Waals surface area contributed by atoms with Gasteiger partial charge in [-0.15, -0.1) is 0 Å². The van der Waals surface area contributed by atoms with Crippen LogP contribution in [-0.2, 0) is 4.79 Å². The number of carbonyl (C=O) groups is 2. The minimum absolute atomic E-state index is 0.0178. The molecule has 0 atom stereocenters. The third kappa shape index (κ3) is 3.43. The summed E-state index contributed by atoms with van der Waals surface area (Å²) in [6.45, 7) is 5.79. The summed E-state index contributed by atoms with van der Waals surface area (Å²) < 4.78 is 1.75. The summed E-state index contributed by atoms with van der Waals surface area (Å²) in [4.78, 5) is 23.6. The molecule has 1 amide bonds. The Bertz CT molecular complexity index is 542. The maximum Gasteiger partial charge on any atom is 0.305 e. The number of nitrogens with zero attached hydrogens (tertiary/aromatic N) is 2. The molecule has 1 aliphatic carbocycles. The van der Waals surface area contributed by atoms with E-state index in [9.17, 15) is 9.59 Å². The van der Waals surface area contributed by atoms with Crippen molar-refractivity contribution in [3.8, 4) is 0 Å². The Balaban J connectivity index is 2.17. The van der Waals surface area contributed by atoms with Crippen LogP contribution in [0.2, 0.25) is 0 Å². The third-order valence-electron chi connectivity index (χ3n) is 4.12. The van der Waals surface area contributed by atoms with Gasteiger partial charge in [0.25, 0.3) is 5.91 Å². The Labute approximate surface area is 124 Å². The summed E-state index contributed by atoms with van der Waals surface area (Å²) >= 11 is 0. The number of aromatic nitrogens is 2. The van der Waals surface area contributed by atoms with Crippen molar-refractivity contribution < 1.29 is 14.7 Å². The molecule has 0 saturated heterocycles. The highest BCUT2D eigenvalue weighted by atomic mass is 16.4. The van der Waals surface area contributed by atoms with Crippen molar-refractivity contribution in [2.24, 2.45) is 0 Å². The summed E-state index contributed by atoms with van der Waals surface area (Å²) in [5.41, 5.74) is 0.597. The lowest BCUT2D eigenvalue weighted by Crippen LogP contribution is -2.47. The maximum absolute atomic E-state index is 12.5. The van der Waals surface area contributed by atoms with E-state index in [1.165, 1.54) is 0 Å². The van der Waals surface area contributed by atoms with Crippen molar-refractivity contribution in [2.45, 2.75) is 64.5 Å². The molecule has 0 aliphatic heterocycles. The first-order valence-corrected chi connectivity index (χ1v) is 7.43. The van der Waals surface area contributed by atoms with Crippen LogP contribution in [0.15, 0.2) is 6.20 Å². The molecule has 1 fully saturated rings. The van der Waals surface area contributed by atoms with Gasteiger partial charge in [-0.2, -0.15) is 5.10 Å². The predicted octanol–water partition coefficient (Wildman–Crippen LogP) is 2.29. The lowest BCUT2D eigenvalue weighted by molar-refractivity contribution is -0.138. The number of carboxylic acid groups (broad SMARTS) is 1. The molecule has 2 rings (SSSR count). The molecule has 21 heavy (non-hydrogen) atoms. The van der Waals surface area contributed by atoms with Crippen LogP contribution in [0.25, 0.3) is 0 Å². The predicted molar refractivity (Wildman–Crippen MR) is 78.3 cm³/mol. The van der Waals surface area contributed by atoms with Crippen LogP contribution in [0.3, 0.4) is 0 Å². The topological polar surface area (TPSA) is 84.2 Å². The van der Waals surface area contributed by atoms with Gasteiger partial charge in [0.05, 0.1) is 23.2 Å². The molecule has 0 unspecified atom stereocenters. The second-order valence-electron chi connectivity index (χ2n) is 6.21. The Hall–Kier alpha value is -1.85. The van der Waals surface area contributed by atoms with E-state index in [1.807, 2.05) is 13.8 Å². The minimum atomic E-state index is -0.869. The van der Waals surface area contributed by atoms with Crippen LogP contribution in [0.1, 0.15) is 68.0 Å². The van der Waals surface area contributed by atoms with Crippen LogP contribution in [-0.4, -0.2) is 32.3 Å². The van der Waals surface area contributed by atoms with E-state index < -0.39 is 11.5 Å². The van der Waals surface area contributed by atoms with Gasteiger partial charge in [0.15, 0.2) is 0 Å². The molecule has 1 aliphatic rings. The van der Waals surface area contributed by atoms with Crippen LogP contribution >= 0.6 is 0 Å². The van der Waals surface area contributed by atoms with Crippen LogP contribution in [0.5, 0.6) is 0 Å². The fraction of sp³-hybridized carbons (Fsp3) is 0.667. The Kier molecular flexibility index (Phi) is 4.34. The fourth-order valence-corrected chi connectivity index (χ4v) is 2.96. The van der Waals surface area contributed by atoms with Crippen molar-refractivity contribution in [3.05, 3.63) is 17.5 Å². The molecule has 6 nitrogen and oxygen atoms in total. The van der Waals surface area contributed by atoms with E-state index in [0.717, 1.165) is 25.7 Å². The molecule has 1 aromatic rings. The summed E-state index contributed by atoms with van der Waals surface area (Å²) in [7, 11) is 0. The van der Waals surface area contributed by atoms with Crippen LogP contribution in [0.4, 0.5) is 0 Å². The Morgan fingerprint density at radius 3 is 2.52 bits per heavy atom. The van der Waals surface area contributed by atoms with Crippen molar-refractivity contribution in [1.82, 2.24) is 15.1 Å². The largest absolute Gasteiger partial charge is 0.481 e. The van der Waals surface area contributed by atoms with Crippen molar-refractivity contribution >= 4 is 11.9 Å². The highest BCUT2D eigenvalue weighted by Crippen LogP contribution is 2.33. The second kappa shape index (κ2) is 5.87. The smallest absolute Gasteiger partial charge is 0.305 e. The monoisotopic (exact) mass is 293 g/mol. The Morgan fingerprint density at radius 1 is 1.43 bits per heavy atom. The second-order valence-corrected chi connectivity index (χ2v) is 6.21. The first-order valence-electron chi connectivity index (χ1n) is 7.43. The molecule has 6 heteroatoms.